The molecule has 0 aromatic heterocycles. The third kappa shape index (κ3) is 2.48. The van der Waals surface area contributed by atoms with Gasteiger partial charge in [0.15, 0.2) is 0 Å². The molecule has 1 saturated carbocycles. The number of rotatable bonds is 3. The summed E-state index contributed by atoms with van der Waals surface area (Å²) in [6, 6.07) is 0. The highest BCUT2D eigenvalue weighted by molar-refractivity contribution is 5.75. The van der Waals surface area contributed by atoms with Crippen molar-refractivity contribution in [2.75, 3.05) is 7.11 Å². The molecular weight excluding hydrogens is 154 g/mol. The molecule has 0 saturated heterocycles. The van der Waals surface area contributed by atoms with Gasteiger partial charge in [-0.25, -0.2) is 5.48 Å². The minimum Gasteiger partial charge on any atom is -0.277 e. The molecule has 1 rings (SSSR count). The first-order chi connectivity index (χ1) is 5.53. The molecule has 1 amide bonds. The van der Waals surface area contributed by atoms with Gasteiger partial charge in [0.25, 0.3) is 0 Å². The number of carbonyl (C=O) groups excluding carboxylic acids is 1. The predicted molar refractivity (Wildman–Crippen MR) is 46.3 cm³/mol. The molecule has 3 nitrogen and oxygen atoms in total. The summed E-state index contributed by atoms with van der Waals surface area (Å²) in [5, 5.41) is 0. The minimum absolute atomic E-state index is 0.00185. The Morgan fingerprint density at radius 2 is 2.17 bits per heavy atom. The summed E-state index contributed by atoms with van der Waals surface area (Å²) in [5.41, 5.74) is 2.79. The summed E-state index contributed by atoms with van der Waals surface area (Å²) in [6.07, 6.45) is 2.92. The summed E-state index contributed by atoms with van der Waals surface area (Å²) < 4.78 is 0. The summed E-state index contributed by atoms with van der Waals surface area (Å²) in [6.45, 7) is 4.47. The quantitative estimate of drug-likeness (QED) is 0.653. The Labute approximate surface area is 73.4 Å². The molecule has 3 heteroatoms. The van der Waals surface area contributed by atoms with Crippen LogP contribution in [0, 0.1) is 11.3 Å². The fourth-order valence-corrected chi connectivity index (χ4v) is 2.07. The molecule has 0 bridgehead atoms. The van der Waals surface area contributed by atoms with E-state index in [-0.39, 0.29) is 5.91 Å². The lowest BCUT2D eigenvalue weighted by atomic mass is 9.63. The van der Waals surface area contributed by atoms with Crippen LogP contribution >= 0.6 is 0 Å². The molecule has 1 N–H and O–H groups in total. The average molecular weight is 171 g/mol. The predicted octanol–water partition coefficient (Wildman–Crippen LogP) is 1.49. The maximum absolute atomic E-state index is 11.0. The normalized spacial score (nSPS) is 21.6. The van der Waals surface area contributed by atoms with Crippen molar-refractivity contribution in [2.24, 2.45) is 11.3 Å². The summed E-state index contributed by atoms with van der Waals surface area (Å²) in [7, 11) is 1.46. The molecule has 0 aromatic rings. The van der Waals surface area contributed by atoms with E-state index < -0.39 is 0 Å². The number of carbonyl (C=O) groups is 1. The standard InChI is InChI=1S/C9H17NO2/c1-9(2)5-7(6-9)4-8(11)10-12-3/h7H,4-6H2,1-3H3,(H,10,11). The van der Waals surface area contributed by atoms with Gasteiger partial charge >= 0.3 is 0 Å². The van der Waals surface area contributed by atoms with Gasteiger partial charge in [0.2, 0.25) is 5.91 Å². The third-order valence-electron chi connectivity index (χ3n) is 2.37. The van der Waals surface area contributed by atoms with Crippen LogP contribution in [0.3, 0.4) is 0 Å². The maximum atomic E-state index is 11.0. The summed E-state index contributed by atoms with van der Waals surface area (Å²) >= 11 is 0. The molecule has 12 heavy (non-hydrogen) atoms. The number of hydroxylamine groups is 1. The molecule has 70 valence electrons. The monoisotopic (exact) mass is 171 g/mol. The molecule has 1 fully saturated rings. The van der Waals surface area contributed by atoms with E-state index in [1.54, 1.807) is 0 Å². The van der Waals surface area contributed by atoms with Crippen LogP contribution in [0.25, 0.3) is 0 Å². The SMILES string of the molecule is CONC(=O)CC1CC(C)(C)C1. The smallest absolute Gasteiger partial charge is 0.243 e. The minimum atomic E-state index is -0.00185. The summed E-state index contributed by atoms with van der Waals surface area (Å²) in [4.78, 5) is 15.5. The Balaban J connectivity index is 2.14. The molecule has 0 unspecified atom stereocenters. The second-order valence-corrected chi connectivity index (χ2v) is 4.37. The highest BCUT2D eigenvalue weighted by atomic mass is 16.6. The van der Waals surface area contributed by atoms with Crippen LogP contribution in [0.15, 0.2) is 0 Å². The van der Waals surface area contributed by atoms with Crippen molar-refractivity contribution in [2.45, 2.75) is 33.1 Å². The first-order valence-corrected chi connectivity index (χ1v) is 4.35. The van der Waals surface area contributed by atoms with Gasteiger partial charge in [0.1, 0.15) is 0 Å². The van der Waals surface area contributed by atoms with Crippen LogP contribution in [-0.4, -0.2) is 13.0 Å². The molecule has 0 heterocycles. The zero-order valence-corrected chi connectivity index (χ0v) is 8.02. The maximum Gasteiger partial charge on any atom is 0.243 e. The van der Waals surface area contributed by atoms with Crippen LogP contribution in [0.2, 0.25) is 0 Å². The molecular formula is C9H17NO2. The lowest BCUT2D eigenvalue weighted by Gasteiger charge is -2.42. The van der Waals surface area contributed by atoms with Crippen molar-refractivity contribution < 1.29 is 9.63 Å². The van der Waals surface area contributed by atoms with Crippen molar-refractivity contribution in [3.8, 4) is 0 Å². The van der Waals surface area contributed by atoms with E-state index in [1.807, 2.05) is 0 Å². The van der Waals surface area contributed by atoms with Crippen molar-refractivity contribution in [1.82, 2.24) is 5.48 Å². The summed E-state index contributed by atoms with van der Waals surface area (Å²) in [5.74, 6) is 0.563. The molecule has 1 aliphatic carbocycles. The van der Waals surface area contributed by atoms with Crippen molar-refractivity contribution >= 4 is 5.91 Å². The molecule has 0 atom stereocenters. The highest BCUT2D eigenvalue weighted by Crippen LogP contribution is 2.46. The van der Waals surface area contributed by atoms with Gasteiger partial charge in [-0.1, -0.05) is 13.8 Å². The van der Waals surface area contributed by atoms with E-state index in [1.165, 1.54) is 7.11 Å². The lowest BCUT2D eigenvalue weighted by Crippen LogP contribution is -2.35. The van der Waals surface area contributed by atoms with E-state index in [9.17, 15) is 4.79 Å². The van der Waals surface area contributed by atoms with Gasteiger partial charge in [-0.05, 0) is 24.2 Å². The van der Waals surface area contributed by atoms with Gasteiger partial charge in [0, 0.05) is 6.42 Å². The van der Waals surface area contributed by atoms with E-state index in [0.29, 0.717) is 17.8 Å². The van der Waals surface area contributed by atoms with E-state index in [2.05, 4.69) is 24.2 Å². The third-order valence-corrected chi connectivity index (χ3v) is 2.37. The van der Waals surface area contributed by atoms with Gasteiger partial charge in [-0.3, -0.25) is 9.63 Å². The largest absolute Gasteiger partial charge is 0.277 e. The van der Waals surface area contributed by atoms with E-state index in [4.69, 9.17) is 0 Å². The molecule has 0 aromatic carbocycles. The average Bonchev–Trinajstić information content (AvgIpc) is 1.83. The Kier molecular flexibility index (Phi) is 2.73. The van der Waals surface area contributed by atoms with Gasteiger partial charge in [-0.15, -0.1) is 0 Å². The van der Waals surface area contributed by atoms with Crippen LogP contribution in [0.1, 0.15) is 33.1 Å². The second-order valence-electron chi connectivity index (χ2n) is 4.37. The van der Waals surface area contributed by atoms with E-state index in [0.717, 1.165) is 12.8 Å². The molecule has 0 radical (unpaired) electrons. The number of hydrogen-bond donors (Lipinski definition) is 1. The zero-order chi connectivity index (χ0) is 9.19. The Hall–Kier alpha value is -0.570. The van der Waals surface area contributed by atoms with Crippen LogP contribution in [0.5, 0.6) is 0 Å². The topological polar surface area (TPSA) is 38.3 Å². The highest BCUT2D eigenvalue weighted by Gasteiger charge is 2.36. The first kappa shape index (κ1) is 9.52. The second kappa shape index (κ2) is 3.44. The Morgan fingerprint density at radius 1 is 1.58 bits per heavy atom. The number of hydrogen-bond acceptors (Lipinski definition) is 2. The van der Waals surface area contributed by atoms with Gasteiger partial charge in [-0.2, -0.15) is 0 Å². The number of amides is 1. The fraction of sp³-hybridized carbons (Fsp3) is 0.889. The molecule has 0 spiro atoms. The first-order valence-electron chi connectivity index (χ1n) is 4.35. The van der Waals surface area contributed by atoms with Gasteiger partial charge < -0.3 is 0 Å². The Bertz CT molecular complexity index is 169. The van der Waals surface area contributed by atoms with Crippen LogP contribution in [-0.2, 0) is 9.63 Å². The molecule has 1 aliphatic rings. The zero-order valence-electron chi connectivity index (χ0n) is 8.02. The van der Waals surface area contributed by atoms with E-state index >= 15 is 0 Å². The number of nitrogens with one attached hydrogen (secondary N) is 1. The Morgan fingerprint density at radius 3 is 2.58 bits per heavy atom. The fourth-order valence-electron chi connectivity index (χ4n) is 2.07. The van der Waals surface area contributed by atoms with Gasteiger partial charge in [0.05, 0.1) is 7.11 Å². The van der Waals surface area contributed by atoms with Crippen LogP contribution < -0.4 is 5.48 Å². The van der Waals surface area contributed by atoms with Crippen molar-refractivity contribution in [3.63, 3.8) is 0 Å². The van der Waals surface area contributed by atoms with Crippen LogP contribution in [0.4, 0.5) is 0 Å². The lowest BCUT2D eigenvalue weighted by molar-refractivity contribution is -0.133. The van der Waals surface area contributed by atoms with Crippen molar-refractivity contribution in [3.05, 3.63) is 0 Å². The van der Waals surface area contributed by atoms with Crippen molar-refractivity contribution in [1.29, 1.82) is 0 Å². The molecule has 0 aliphatic heterocycles.